The molecule has 128 valence electrons. The van der Waals surface area contributed by atoms with Crippen molar-refractivity contribution < 1.29 is 8.42 Å². The van der Waals surface area contributed by atoms with Crippen LogP contribution in [0.25, 0.3) is 0 Å². The molecule has 1 aliphatic heterocycles. The number of nitrogens with one attached hydrogen (secondary N) is 1. The minimum atomic E-state index is -3.49. The topological polar surface area (TPSA) is 49.4 Å². The van der Waals surface area contributed by atoms with Crippen LogP contribution >= 0.6 is 0 Å². The van der Waals surface area contributed by atoms with Crippen molar-refractivity contribution in [3.05, 3.63) is 59.2 Å². The molecule has 0 radical (unpaired) electrons. The largest absolute Gasteiger partial charge is 0.367 e. The first-order valence-electron chi connectivity index (χ1n) is 8.30. The Labute approximate surface area is 144 Å². The van der Waals surface area contributed by atoms with Gasteiger partial charge in [0.15, 0.2) is 0 Å². The molecule has 0 aliphatic carbocycles. The summed E-state index contributed by atoms with van der Waals surface area (Å²) >= 11 is 0. The van der Waals surface area contributed by atoms with Gasteiger partial charge in [0.2, 0.25) is 10.0 Å². The Balaban J connectivity index is 1.72. The molecule has 3 rings (SSSR count). The van der Waals surface area contributed by atoms with E-state index in [2.05, 4.69) is 34.7 Å². The van der Waals surface area contributed by atoms with Crippen LogP contribution in [0.4, 0.5) is 5.69 Å². The zero-order valence-electron chi connectivity index (χ0n) is 14.4. The molecular formula is C19H24N2O2S. The normalized spacial score (nSPS) is 15.4. The molecular weight excluding hydrogens is 320 g/mol. The zero-order valence-corrected chi connectivity index (χ0v) is 15.2. The van der Waals surface area contributed by atoms with E-state index in [1.165, 1.54) is 11.3 Å². The Morgan fingerprint density at radius 3 is 2.71 bits per heavy atom. The minimum absolute atomic E-state index is 0.105. The van der Waals surface area contributed by atoms with E-state index in [1.54, 1.807) is 6.07 Å². The van der Waals surface area contributed by atoms with Crippen LogP contribution in [0.3, 0.4) is 0 Å². The number of fused-ring (bicyclic) bond motifs is 1. The summed E-state index contributed by atoms with van der Waals surface area (Å²) in [5.41, 5.74) is 4.27. The molecule has 0 aromatic heterocycles. The number of hydrogen-bond donors (Lipinski definition) is 1. The molecule has 0 spiro atoms. The summed E-state index contributed by atoms with van der Waals surface area (Å²) in [5.74, 6) is 0. The zero-order chi connectivity index (χ0) is 17.3. The van der Waals surface area contributed by atoms with Gasteiger partial charge < -0.3 is 4.90 Å². The van der Waals surface area contributed by atoms with E-state index in [4.69, 9.17) is 0 Å². The molecule has 2 aromatic rings. The highest BCUT2D eigenvalue weighted by Crippen LogP contribution is 2.29. The lowest BCUT2D eigenvalue weighted by Crippen LogP contribution is -2.41. The highest BCUT2D eigenvalue weighted by molar-refractivity contribution is 7.89. The van der Waals surface area contributed by atoms with E-state index in [-0.39, 0.29) is 6.04 Å². The van der Waals surface area contributed by atoms with Crippen molar-refractivity contribution in [1.29, 1.82) is 0 Å². The molecule has 1 heterocycles. The van der Waals surface area contributed by atoms with Crippen LogP contribution in [-0.4, -0.2) is 27.5 Å². The van der Waals surface area contributed by atoms with Crippen molar-refractivity contribution in [3.8, 4) is 0 Å². The number of para-hydroxylation sites is 1. The number of nitrogens with zero attached hydrogens (tertiary/aromatic N) is 1. The molecule has 4 nitrogen and oxygen atoms in total. The van der Waals surface area contributed by atoms with E-state index in [9.17, 15) is 8.42 Å². The second-order valence-corrected chi connectivity index (χ2v) is 8.28. The molecule has 24 heavy (non-hydrogen) atoms. The van der Waals surface area contributed by atoms with Crippen molar-refractivity contribution in [2.75, 3.05) is 18.0 Å². The average Bonchev–Trinajstić information content (AvgIpc) is 2.99. The maximum atomic E-state index is 12.6. The van der Waals surface area contributed by atoms with Crippen LogP contribution in [0.5, 0.6) is 0 Å². The molecule has 1 atom stereocenters. The van der Waals surface area contributed by atoms with Gasteiger partial charge in [-0.25, -0.2) is 13.1 Å². The number of hydrogen-bond acceptors (Lipinski definition) is 3. The maximum absolute atomic E-state index is 12.6. The molecule has 0 bridgehead atoms. The molecule has 0 saturated carbocycles. The van der Waals surface area contributed by atoms with E-state index >= 15 is 0 Å². The quantitative estimate of drug-likeness (QED) is 0.907. The molecule has 0 saturated heterocycles. The number of sulfonamides is 1. The monoisotopic (exact) mass is 344 g/mol. The minimum Gasteiger partial charge on any atom is -0.367 e. The highest BCUT2D eigenvalue weighted by Gasteiger charge is 2.25. The van der Waals surface area contributed by atoms with E-state index in [0.29, 0.717) is 11.4 Å². The summed E-state index contributed by atoms with van der Waals surface area (Å²) in [4.78, 5) is 2.65. The predicted octanol–water partition coefficient (Wildman–Crippen LogP) is 3.03. The van der Waals surface area contributed by atoms with Crippen molar-refractivity contribution in [2.24, 2.45) is 0 Å². The lowest BCUT2D eigenvalue weighted by atomic mass is 10.2. The molecule has 1 aliphatic rings. The summed E-state index contributed by atoms with van der Waals surface area (Å²) in [7, 11) is -3.49. The Bertz CT molecular complexity index is 846. The number of rotatable bonds is 5. The Morgan fingerprint density at radius 1 is 1.17 bits per heavy atom. The van der Waals surface area contributed by atoms with Crippen molar-refractivity contribution in [3.63, 3.8) is 0 Å². The van der Waals surface area contributed by atoms with Gasteiger partial charge in [0.1, 0.15) is 0 Å². The van der Waals surface area contributed by atoms with Crippen LogP contribution in [0, 0.1) is 13.8 Å². The second kappa shape index (κ2) is 6.57. The SMILES string of the molecule is Cc1ccc(C)c(S(=O)(=O)NCC(C)N2CCc3ccccc32)c1. The number of benzene rings is 2. The van der Waals surface area contributed by atoms with Gasteiger partial charge >= 0.3 is 0 Å². The van der Waals surface area contributed by atoms with Crippen LogP contribution in [-0.2, 0) is 16.4 Å². The molecule has 2 aromatic carbocycles. The molecule has 5 heteroatoms. The first kappa shape index (κ1) is 17.0. The summed E-state index contributed by atoms with van der Waals surface area (Å²) < 4.78 is 28.1. The third kappa shape index (κ3) is 3.32. The fourth-order valence-electron chi connectivity index (χ4n) is 3.24. The van der Waals surface area contributed by atoms with E-state index < -0.39 is 10.0 Å². The number of aryl methyl sites for hydroxylation is 2. The van der Waals surface area contributed by atoms with Crippen LogP contribution < -0.4 is 9.62 Å². The second-order valence-electron chi connectivity index (χ2n) is 6.54. The molecule has 1 N–H and O–H groups in total. The lowest BCUT2D eigenvalue weighted by molar-refractivity contribution is 0.566. The first-order chi connectivity index (χ1) is 11.4. The highest BCUT2D eigenvalue weighted by atomic mass is 32.2. The lowest BCUT2D eigenvalue weighted by Gasteiger charge is -2.27. The smallest absolute Gasteiger partial charge is 0.240 e. The number of anilines is 1. The molecule has 0 amide bonds. The van der Waals surface area contributed by atoms with Crippen molar-refractivity contribution in [2.45, 2.75) is 38.1 Å². The first-order valence-corrected chi connectivity index (χ1v) is 9.78. The summed E-state index contributed by atoms with van der Waals surface area (Å²) in [5, 5.41) is 0. The van der Waals surface area contributed by atoms with E-state index in [1.807, 2.05) is 32.0 Å². The van der Waals surface area contributed by atoms with E-state index in [0.717, 1.165) is 24.1 Å². The van der Waals surface area contributed by atoms with Gasteiger partial charge in [0.05, 0.1) is 4.90 Å². The summed E-state index contributed by atoms with van der Waals surface area (Å²) in [6, 6.07) is 13.9. The summed E-state index contributed by atoms with van der Waals surface area (Å²) in [6.07, 6.45) is 1.02. The standard InChI is InChI=1S/C19H24N2O2S/c1-14-8-9-15(2)19(12-14)24(22,23)20-13-16(3)21-11-10-17-6-4-5-7-18(17)21/h4-9,12,16,20H,10-11,13H2,1-3H3. The maximum Gasteiger partial charge on any atom is 0.240 e. The fraction of sp³-hybridized carbons (Fsp3) is 0.368. The van der Waals surface area contributed by atoms with Crippen LogP contribution in [0.15, 0.2) is 47.4 Å². The third-order valence-corrected chi connectivity index (χ3v) is 6.22. The average molecular weight is 344 g/mol. The van der Waals surface area contributed by atoms with Gasteiger partial charge in [-0.05, 0) is 56.0 Å². The van der Waals surface area contributed by atoms with Crippen LogP contribution in [0.2, 0.25) is 0 Å². The van der Waals surface area contributed by atoms with Crippen molar-refractivity contribution in [1.82, 2.24) is 4.72 Å². The Hall–Kier alpha value is -1.85. The molecule has 0 fully saturated rings. The van der Waals surface area contributed by atoms with Crippen LogP contribution in [0.1, 0.15) is 23.6 Å². The predicted molar refractivity (Wildman–Crippen MR) is 98.1 cm³/mol. The Morgan fingerprint density at radius 2 is 1.92 bits per heavy atom. The van der Waals surface area contributed by atoms with Gasteiger partial charge in [0.25, 0.3) is 0 Å². The van der Waals surface area contributed by atoms with Gasteiger partial charge in [-0.3, -0.25) is 0 Å². The summed E-state index contributed by atoms with van der Waals surface area (Å²) in [6.45, 7) is 7.12. The third-order valence-electron chi connectivity index (χ3n) is 4.66. The van der Waals surface area contributed by atoms with Gasteiger partial charge in [-0.15, -0.1) is 0 Å². The Kier molecular flexibility index (Phi) is 4.65. The van der Waals surface area contributed by atoms with Gasteiger partial charge in [-0.2, -0.15) is 0 Å². The molecule has 1 unspecified atom stereocenters. The van der Waals surface area contributed by atoms with Gasteiger partial charge in [0, 0.05) is 24.8 Å². The van der Waals surface area contributed by atoms with Crippen molar-refractivity contribution >= 4 is 15.7 Å². The van der Waals surface area contributed by atoms with Gasteiger partial charge in [-0.1, -0.05) is 30.3 Å². The fourth-order valence-corrected chi connectivity index (χ4v) is 4.69.